The van der Waals surface area contributed by atoms with E-state index >= 15 is 0 Å². The van der Waals surface area contributed by atoms with Crippen molar-refractivity contribution in [3.8, 4) is 6.07 Å². The van der Waals surface area contributed by atoms with Gasteiger partial charge in [-0.2, -0.15) is 5.26 Å². The van der Waals surface area contributed by atoms with Crippen molar-refractivity contribution in [1.29, 1.82) is 10.7 Å². The van der Waals surface area contributed by atoms with Crippen molar-refractivity contribution in [3.63, 3.8) is 0 Å². The molecule has 1 aromatic heterocycles. The molecule has 0 unspecified atom stereocenters. The fourth-order valence-corrected chi connectivity index (χ4v) is 2.33. The van der Waals surface area contributed by atoms with Crippen molar-refractivity contribution in [2.75, 3.05) is 0 Å². The molecule has 0 bridgehead atoms. The van der Waals surface area contributed by atoms with E-state index in [9.17, 15) is 0 Å². The summed E-state index contributed by atoms with van der Waals surface area (Å²) in [7, 11) is 0. The number of hydrogen-bond acceptors (Lipinski definition) is 4. The number of amidine groups is 1. The van der Waals surface area contributed by atoms with Crippen LogP contribution in [0.1, 0.15) is 11.1 Å². The molecule has 0 amide bonds. The van der Waals surface area contributed by atoms with Gasteiger partial charge in [-0.05, 0) is 23.3 Å². The van der Waals surface area contributed by atoms with E-state index in [4.69, 9.17) is 16.4 Å². The zero-order valence-electron chi connectivity index (χ0n) is 10.1. The number of nitrogens with zero attached hydrogens (tertiary/aromatic N) is 2. The normalized spacial score (nSPS) is 9.63. The molecule has 19 heavy (non-hydrogen) atoms. The summed E-state index contributed by atoms with van der Waals surface area (Å²) >= 11 is 1.26. The Labute approximate surface area is 121 Å². The number of rotatable bonds is 3. The molecule has 0 aliphatic rings. The van der Waals surface area contributed by atoms with Gasteiger partial charge in [-0.25, -0.2) is 0 Å². The van der Waals surface area contributed by atoms with Crippen LogP contribution in [0.15, 0.2) is 30.5 Å². The van der Waals surface area contributed by atoms with E-state index in [0.29, 0.717) is 12.2 Å². The third kappa shape index (κ3) is 3.85. The molecule has 98 valence electrons. The lowest BCUT2D eigenvalue weighted by Crippen LogP contribution is -2.04. The second kappa shape index (κ2) is 6.98. The van der Waals surface area contributed by atoms with Crippen LogP contribution in [0.5, 0.6) is 0 Å². The fraction of sp³-hybridized carbons (Fsp3) is 0.154. The van der Waals surface area contributed by atoms with Gasteiger partial charge < -0.3 is 5.73 Å². The summed E-state index contributed by atoms with van der Waals surface area (Å²) in [6, 6.07) is 9.95. The Hall–Kier alpha value is -1.77. The third-order valence-corrected chi connectivity index (χ3v) is 3.28. The summed E-state index contributed by atoms with van der Waals surface area (Å²) in [6.45, 7) is 0. The van der Waals surface area contributed by atoms with Gasteiger partial charge in [0.2, 0.25) is 0 Å². The molecular formula is C13H13ClN4S. The summed E-state index contributed by atoms with van der Waals surface area (Å²) in [4.78, 5) is 4.35. The molecule has 0 saturated carbocycles. The summed E-state index contributed by atoms with van der Waals surface area (Å²) in [5, 5.41) is 17.1. The van der Waals surface area contributed by atoms with Crippen molar-refractivity contribution in [3.05, 3.63) is 41.6 Å². The van der Waals surface area contributed by atoms with Gasteiger partial charge in [-0.3, -0.25) is 10.4 Å². The maximum atomic E-state index is 8.78. The Morgan fingerprint density at radius 3 is 2.95 bits per heavy atom. The van der Waals surface area contributed by atoms with Gasteiger partial charge in [0.25, 0.3) is 0 Å². The first-order valence-electron chi connectivity index (χ1n) is 5.41. The Balaban J connectivity index is 0.00000180. The number of benzene rings is 1. The number of fused-ring (bicyclic) bond motifs is 1. The number of thioether (sulfide) groups is 1. The Morgan fingerprint density at radius 2 is 2.26 bits per heavy atom. The van der Waals surface area contributed by atoms with Crippen LogP contribution in [-0.4, -0.2) is 10.2 Å². The molecule has 0 radical (unpaired) electrons. The molecule has 2 rings (SSSR count). The van der Waals surface area contributed by atoms with Crippen LogP contribution >= 0.6 is 24.2 Å². The van der Waals surface area contributed by atoms with E-state index in [1.54, 1.807) is 6.20 Å². The summed E-state index contributed by atoms with van der Waals surface area (Å²) in [5.74, 6) is 0.599. The first-order chi connectivity index (χ1) is 8.70. The minimum Gasteiger partial charge on any atom is -0.379 e. The minimum absolute atomic E-state index is 0. The number of aromatic nitrogens is 1. The molecule has 2 aromatic rings. The molecular weight excluding hydrogens is 280 g/mol. The number of nitrogens with two attached hydrogens (primary N) is 1. The summed E-state index contributed by atoms with van der Waals surface area (Å²) in [6.07, 6.45) is 2.12. The quantitative estimate of drug-likeness (QED) is 0.673. The zero-order valence-corrected chi connectivity index (χ0v) is 11.7. The Morgan fingerprint density at radius 1 is 1.47 bits per heavy atom. The van der Waals surface area contributed by atoms with Crippen LogP contribution in [0.3, 0.4) is 0 Å². The van der Waals surface area contributed by atoms with Gasteiger partial charge in [0.15, 0.2) is 5.17 Å². The molecule has 1 aromatic carbocycles. The lowest BCUT2D eigenvalue weighted by molar-refractivity contribution is 1.24. The number of nitrogens with one attached hydrogen (secondary N) is 1. The molecule has 0 fully saturated rings. The predicted octanol–water partition coefficient (Wildman–Crippen LogP) is 2.85. The highest BCUT2D eigenvalue weighted by atomic mass is 35.5. The average Bonchev–Trinajstić information content (AvgIpc) is 2.36. The lowest BCUT2D eigenvalue weighted by Gasteiger charge is -2.07. The van der Waals surface area contributed by atoms with Gasteiger partial charge in [0.05, 0.1) is 18.0 Å². The molecule has 0 aliphatic heterocycles. The number of pyridine rings is 1. The molecule has 0 aliphatic carbocycles. The first kappa shape index (κ1) is 15.3. The standard InChI is InChI=1S/C13H12N4S.ClH/c14-4-3-9-6-10-2-1-5-17-12(10)11(7-9)8-18-13(15)16;/h1-2,5-7H,3,8H2,(H3,15,16);1H. The molecule has 4 nitrogen and oxygen atoms in total. The van der Waals surface area contributed by atoms with Crippen LogP contribution in [0, 0.1) is 16.7 Å². The second-order valence-electron chi connectivity index (χ2n) is 3.82. The van der Waals surface area contributed by atoms with Crippen LogP contribution in [0.2, 0.25) is 0 Å². The molecule has 3 N–H and O–H groups in total. The van der Waals surface area contributed by atoms with Crippen molar-refractivity contribution in [2.24, 2.45) is 5.73 Å². The van der Waals surface area contributed by atoms with E-state index < -0.39 is 0 Å². The number of hydrogen-bond donors (Lipinski definition) is 2. The highest BCUT2D eigenvalue weighted by Crippen LogP contribution is 2.23. The highest BCUT2D eigenvalue weighted by Gasteiger charge is 2.06. The summed E-state index contributed by atoms with van der Waals surface area (Å²) in [5.41, 5.74) is 8.25. The Bertz CT molecular complexity index is 636. The van der Waals surface area contributed by atoms with Crippen LogP contribution in [0.25, 0.3) is 10.9 Å². The Kier molecular flexibility index (Phi) is 5.61. The van der Waals surface area contributed by atoms with Crippen molar-refractivity contribution in [1.82, 2.24) is 4.98 Å². The largest absolute Gasteiger partial charge is 0.379 e. The van der Waals surface area contributed by atoms with Crippen molar-refractivity contribution in [2.45, 2.75) is 12.2 Å². The topological polar surface area (TPSA) is 86.5 Å². The molecule has 1 heterocycles. The SMILES string of the molecule is Cl.N#CCc1cc(CSC(=N)N)c2ncccc2c1. The van der Waals surface area contributed by atoms with Crippen LogP contribution in [0.4, 0.5) is 0 Å². The maximum absolute atomic E-state index is 8.78. The van der Waals surface area contributed by atoms with E-state index in [1.807, 2.05) is 24.3 Å². The summed E-state index contributed by atoms with van der Waals surface area (Å²) < 4.78 is 0. The van der Waals surface area contributed by atoms with E-state index in [0.717, 1.165) is 22.0 Å². The van der Waals surface area contributed by atoms with Gasteiger partial charge in [-0.15, -0.1) is 12.4 Å². The average molecular weight is 293 g/mol. The van der Waals surface area contributed by atoms with Crippen molar-refractivity contribution >= 4 is 40.2 Å². The highest BCUT2D eigenvalue weighted by molar-refractivity contribution is 8.13. The number of halogens is 1. The van der Waals surface area contributed by atoms with Gasteiger partial charge in [0, 0.05) is 17.3 Å². The molecule has 0 atom stereocenters. The third-order valence-electron chi connectivity index (χ3n) is 2.51. The monoisotopic (exact) mass is 292 g/mol. The van der Waals surface area contributed by atoms with Crippen LogP contribution in [-0.2, 0) is 12.2 Å². The van der Waals surface area contributed by atoms with Gasteiger partial charge in [-0.1, -0.05) is 23.9 Å². The van der Waals surface area contributed by atoms with Gasteiger partial charge in [0.1, 0.15) is 0 Å². The van der Waals surface area contributed by atoms with Crippen LogP contribution < -0.4 is 5.73 Å². The smallest absolute Gasteiger partial charge is 0.151 e. The number of nitriles is 1. The zero-order chi connectivity index (χ0) is 13.0. The van der Waals surface area contributed by atoms with E-state index in [2.05, 4.69) is 11.1 Å². The fourth-order valence-electron chi connectivity index (χ4n) is 1.79. The van der Waals surface area contributed by atoms with Crippen molar-refractivity contribution < 1.29 is 0 Å². The second-order valence-corrected chi connectivity index (χ2v) is 4.84. The predicted molar refractivity (Wildman–Crippen MR) is 81.5 cm³/mol. The first-order valence-corrected chi connectivity index (χ1v) is 6.39. The molecule has 0 saturated heterocycles. The van der Waals surface area contributed by atoms with Gasteiger partial charge >= 0.3 is 0 Å². The van der Waals surface area contributed by atoms with E-state index in [1.165, 1.54) is 11.8 Å². The minimum atomic E-state index is 0. The lowest BCUT2D eigenvalue weighted by atomic mass is 10.0. The molecule has 0 spiro atoms. The van der Waals surface area contributed by atoms with E-state index in [-0.39, 0.29) is 17.6 Å². The molecule has 6 heteroatoms. The maximum Gasteiger partial charge on any atom is 0.151 e.